The van der Waals surface area contributed by atoms with E-state index in [9.17, 15) is 14.3 Å². The molecule has 0 spiro atoms. The number of amides is 1. The van der Waals surface area contributed by atoms with Crippen molar-refractivity contribution in [1.82, 2.24) is 15.1 Å². The van der Waals surface area contributed by atoms with E-state index in [0.717, 1.165) is 35.4 Å². The average molecular weight is 345 g/mol. The minimum atomic E-state index is -0.615. The highest BCUT2D eigenvalue weighted by molar-refractivity contribution is 5.79. The molecular weight excluding hydrogens is 321 g/mol. The van der Waals surface area contributed by atoms with Gasteiger partial charge in [-0.3, -0.25) is 9.89 Å². The number of aryl methyl sites for hydroxylation is 2. The van der Waals surface area contributed by atoms with E-state index in [1.807, 2.05) is 18.7 Å². The van der Waals surface area contributed by atoms with Crippen molar-refractivity contribution in [2.45, 2.75) is 39.2 Å². The molecule has 0 bridgehead atoms. The van der Waals surface area contributed by atoms with E-state index < -0.39 is 6.10 Å². The number of piperidine rings is 1. The van der Waals surface area contributed by atoms with Gasteiger partial charge in [0.1, 0.15) is 5.82 Å². The lowest BCUT2D eigenvalue weighted by molar-refractivity contribution is -0.132. The van der Waals surface area contributed by atoms with Crippen LogP contribution in [0, 0.1) is 25.6 Å². The molecule has 1 amide bonds. The van der Waals surface area contributed by atoms with Crippen molar-refractivity contribution in [3.8, 4) is 0 Å². The highest BCUT2D eigenvalue weighted by atomic mass is 19.1. The number of H-pyrrole nitrogens is 1. The maximum atomic E-state index is 13.0. The Morgan fingerprint density at radius 3 is 2.52 bits per heavy atom. The lowest BCUT2D eigenvalue weighted by atomic mass is 9.87. The number of aromatic amines is 1. The molecule has 1 aromatic carbocycles. The van der Waals surface area contributed by atoms with E-state index in [1.54, 1.807) is 12.1 Å². The largest absolute Gasteiger partial charge is 0.388 e. The van der Waals surface area contributed by atoms with Crippen molar-refractivity contribution < 1.29 is 14.3 Å². The molecule has 1 fully saturated rings. The fraction of sp³-hybridized carbons (Fsp3) is 0.474. The summed E-state index contributed by atoms with van der Waals surface area (Å²) in [6.45, 7) is 5.10. The number of nitrogens with zero attached hydrogens (tertiary/aromatic N) is 2. The number of nitrogens with one attached hydrogen (secondary N) is 1. The van der Waals surface area contributed by atoms with Crippen molar-refractivity contribution in [3.05, 3.63) is 52.6 Å². The maximum absolute atomic E-state index is 13.0. The number of aliphatic hydroxyl groups is 1. The molecule has 3 rings (SSSR count). The Morgan fingerprint density at radius 2 is 1.96 bits per heavy atom. The molecule has 6 heteroatoms. The first-order valence-electron chi connectivity index (χ1n) is 8.67. The number of likely N-dealkylation sites (tertiary alicyclic amines) is 1. The van der Waals surface area contributed by atoms with Gasteiger partial charge in [0.15, 0.2) is 0 Å². The number of carbonyl (C=O) groups excluding carboxylic acids is 1. The Bertz CT molecular complexity index is 714. The van der Waals surface area contributed by atoms with Crippen LogP contribution in [-0.2, 0) is 11.2 Å². The molecule has 0 aliphatic carbocycles. The third-order valence-corrected chi connectivity index (χ3v) is 5.16. The van der Waals surface area contributed by atoms with Gasteiger partial charge < -0.3 is 10.0 Å². The Morgan fingerprint density at radius 1 is 1.32 bits per heavy atom. The van der Waals surface area contributed by atoms with Gasteiger partial charge in [0.25, 0.3) is 0 Å². The van der Waals surface area contributed by atoms with Gasteiger partial charge in [-0.1, -0.05) is 12.1 Å². The van der Waals surface area contributed by atoms with Crippen LogP contribution in [-0.4, -0.2) is 39.2 Å². The van der Waals surface area contributed by atoms with Crippen LogP contribution >= 0.6 is 0 Å². The van der Waals surface area contributed by atoms with Crippen LogP contribution in [0.2, 0.25) is 0 Å². The second-order valence-electron chi connectivity index (χ2n) is 6.80. The van der Waals surface area contributed by atoms with Crippen LogP contribution in [0.1, 0.15) is 41.5 Å². The molecule has 1 aliphatic heterocycles. The fourth-order valence-corrected chi connectivity index (χ4v) is 3.49. The second kappa shape index (κ2) is 7.35. The molecule has 2 aromatic rings. The summed E-state index contributed by atoms with van der Waals surface area (Å²) in [4.78, 5) is 14.4. The zero-order chi connectivity index (χ0) is 18.0. The second-order valence-corrected chi connectivity index (χ2v) is 6.80. The number of aromatic nitrogens is 2. The molecule has 0 saturated carbocycles. The highest BCUT2D eigenvalue weighted by Crippen LogP contribution is 2.31. The minimum absolute atomic E-state index is 0.0897. The predicted molar refractivity (Wildman–Crippen MR) is 92.4 cm³/mol. The van der Waals surface area contributed by atoms with Crippen LogP contribution in [0.5, 0.6) is 0 Å². The van der Waals surface area contributed by atoms with Crippen molar-refractivity contribution in [2.75, 3.05) is 13.1 Å². The van der Waals surface area contributed by atoms with E-state index in [4.69, 9.17) is 0 Å². The number of hydrogen-bond acceptors (Lipinski definition) is 3. The normalized spacial score (nSPS) is 16.9. The van der Waals surface area contributed by atoms with Crippen molar-refractivity contribution in [1.29, 1.82) is 0 Å². The Balaban J connectivity index is 1.56. The minimum Gasteiger partial charge on any atom is -0.388 e. The quantitative estimate of drug-likeness (QED) is 0.895. The zero-order valence-electron chi connectivity index (χ0n) is 14.6. The SMILES string of the molecule is Cc1n[nH]c(C)c1CC(=O)N1CCC([C@H](O)c2ccc(F)cc2)CC1. The van der Waals surface area contributed by atoms with Gasteiger partial charge >= 0.3 is 0 Å². The monoisotopic (exact) mass is 345 g/mol. The number of aliphatic hydroxyl groups excluding tert-OH is 1. The van der Waals surface area contributed by atoms with Gasteiger partial charge in [-0.25, -0.2) is 4.39 Å². The molecule has 1 aliphatic rings. The molecule has 134 valence electrons. The molecule has 2 heterocycles. The van der Waals surface area contributed by atoms with Gasteiger partial charge in [-0.05, 0) is 50.3 Å². The first-order chi connectivity index (χ1) is 12.0. The van der Waals surface area contributed by atoms with Crippen LogP contribution < -0.4 is 0 Å². The summed E-state index contributed by atoms with van der Waals surface area (Å²) in [6, 6.07) is 5.99. The molecule has 1 atom stereocenters. The first kappa shape index (κ1) is 17.6. The first-order valence-corrected chi connectivity index (χ1v) is 8.67. The van der Waals surface area contributed by atoms with E-state index in [2.05, 4.69) is 10.2 Å². The molecule has 25 heavy (non-hydrogen) atoms. The van der Waals surface area contributed by atoms with E-state index in [1.165, 1.54) is 12.1 Å². The third-order valence-electron chi connectivity index (χ3n) is 5.16. The van der Waals surface area contributed by atoms with Gasteiger partial charge in [-0.2, -0.15) is 5.10 Å². The number of hydrogen-bond donors (Lipinski definition) is 2. The summed E-state index contributed by atoms with van der Waals surface area (Å²) < 4.78 is 13.0. The Kier molecular flexibility index (Phi) is 5.18. The van der Waals surface area contributed by atoms with Crippen LogP contribution in [0.15, 0.2) is 24.3 Å². The maximum Gasteiger partial charge on any atom is 0.227 e. The molecule has 1 aromatic heterocycles. The molecule has 2 N–H and O–H groups in total. The molecule has 0 radical (unpaired) electrons. The van der Waals surface area contributed by atoms with Gasteiger partial charge in [0.05, 0.1) is 18.2 Å². The molecular formula is C19H24FN3O2. The molecule has 1 saturated heterocycles. The summed E-state index contributed by atoms with van der Waals surface area (Å²) in [5.41, 5.74) is 3.51. The zero-order valence-corrected chi connectivity index (χ0v) is 14.6. The Labute approximate surface area is 146 Å². The highest BCUT2D eigenvalue weighted by Gasteiger charge is 2.28. The smallest absolute Gasteiger partial charge is 0.227 e. The van der Waals surface area contributed by atoms with Crippen molar-refractivity contribution in [2.24, 2.45) is 5.92 Å². The van der Waals surface area contributed by atoms with Gasteiger partial charge in [0.2, 0.25) is 5.91 Å². The van der Waals surface area contributed by atoms with Crippen LogP contribution in [0.4, 0.5) is 4.39 Å². The topological polar surface area (TPSA) is 69.2 Å². The van der Waals surface area contributed by atoms with E-state index in [0.29, 0.717) is 19.5 Å². The molecule has 0 unspecified atom stereocenters. The fourth-order valence-electron chi connectivity index (χ4n) is 3.49. The lowest BCUT2D eigenvalue weighted by Crippen LogP contribution is -2.40. The standard InChI is InChI=1S/C19H24FN3O2/c1-12-17(13(2)22-21-12)11-18(24)23-9-7-15(8-10-23)19(25)14-3-5-16(20)6-4-14/h3-6,15,19,25H,7-11H2,1-2H3,(H,21,22)/t19-/m1/s1. The van der Waals surface area contributed by atoms with E-state index >= 15 is 0 Å². The Hall–Kier alpha value is -2.21. The van der Waals surface area contributed by atoms with Crippen LogP contribution in [0.25, 0.3) is 0 Å². The van der Waals surface area contributed by atoms with Crippen molar-refractivity contribution >= 4 is 5.91 Å². The van der Waals surface area contributed by atoms with E-state index in [-0.39, 0.29) is 17.6 Å². The number of benzene rings is 1. The number of rotatable bonds is 4. The summed E-state index contributed by atoms with van der Waals surface area (Å²) in [5, 5.41) is 17.5. The van der Waals surface area contributed by atoms with Gasteiger partial charge in [-0.15, -0.1) is 0 Å². The average Bonchev–Trinajstić information content (AvgIpc) is 2.94. The summed E-state index contributed by atoms with van der Waals surface area (Å²) in [5.74, 6) is -0.115. The number of carbonyl (C=O) groups is 1. The van der Waals surface area contributed by atoms with Crippen molar-refractivity contribution in [3.63, 3.8) is 0 Å². The summed E-state index contributed by atoms with van der Waals surface area (Å²) in [6.07, 6.45) is 1.23. The summed E-state index contributed by atoms with van der Waals surface area (Å²) >= 11 is 0. The lowest BCUT2D eigenvalue weighted by Gasteiger charge is -2.34. The third kappa shape index (κ3) is 3.90. The summed E-state index contributed by atoms with van der Waals surface area (Å²) in [7, 11) is 0. The predicted octanol–water partition coefficient (Wildman–Crippen LogP) is 2.68. The van der Waals surface area contributed by atoms with Crippen LogP contribution in [0.3, 0.4) is 0 Å². The van der Waals surface area contributed by atoms with Gasteiger partial charge in [0, 0.05) is 24.3 Å². The molecule has 5 nitrogen and oxygen atoms in total. The number of halogens is 1.